The van der Waals surface area contributed by atoms with Crippen molar-refractivity contribution < 1.29 is 9.63 Å². The lowest BCUT2D eigenvalue weighted by atomic mass is 10.1. The first-order chi connectivity index (χ1) is 8.61. The predicted molar refractivity (Wildman–Crippen MR) is 69.4 cm³/mol. The van der Waals surface area contributed by atoms with Crippen molar-refractivity contribution in [3.63, 3.8) is 0 Å². The van der Waals surface area contributed by atoms with Gasteiger partial charge in [0, 0.05) is 16.1 Å². The average Bonchev–Trinajstić information content (AvgIpc) is 2.87. The Labute approximate surface area is 112 Å². The van der Waals surface area contributed by atoms with Gasteiger partial charge in [-0.25, -0.2) is 0 Å². The third kappa shape index (κ3) is 2.50. The topological polar surface area (TPSA) is 70.0 Å². The average molecular weight is 305 g/mol. The summed E-state index contributed by atoms with van der Waals surface area (Å²) < 4.78 is 6.09. The van der Waals surface area contributed by atoms with Crippen molar-refractivity contribution >= 4 is 15.9 Å². The lowest BCUT2D eigenvalue weighted by Crippen LogP contribution is -1.98. The van der Waals surface area contributed by atoms with Gasteiger partial charge in [0.15, 0.2) is 5.76 Å². The molecule has 0 aliphatic rings. The molecule has 0 radical (unpaired) electrons. The van der Waals surface area contributed by atoms with E-state index in [4.69, 9.17) is 9.78 Å². The molecule has 0 saturated heterocycles. The molecule has 18 heavy (non-hydrogen) atoms. The Morgan fingerprint density at radius 1 is 1.44 bits per heavy atom. The van der Waals surface area contributed by atoms with Gasteiger partial charge >= 0.3 is 0 Å². The molecule has 0 aliphatic carbocycles. The Hall–Kier alpha value is -1.90. The van der Waals surface area contributed by atoms with Crippen LogP contribution in [0, 0.1) is 11.3 Å². The number of rotatable bonds is 3. The van der Waals surface area contributed by atoms with E-state index in [-0.39, 0.29) is 11.3 Å². The van der Waals surface area contributed by atoms with E-state index < -0.39 is 6.10 Å². The molecule has 1 aromatic heterocycles. The van der Waals surface area contributed by atoms with Gasteiger partial charge in [0.05, 0.1) is 11.6 Å². The molecule has 0 saturated carbocycles. The lowest BCUT2D eigenvalue weighted by Gasteiger charge is -2.01. The highest BCUT2D eigenvalue weighted by Crippen LogP contribution is 2.26. The van der Waals surface area contributed by atoms with Gasteiger partial charge in [-0.15, -0.1) is 0 Å². The number of hydrogen-bond donors (Lipinski definition) is 1. The second kappa shape index (κ2) is 5.17. The molecule has 0 aliphatic heterocycles. The highest BCUT2D eigenvalue weighted by atomic mass is 79.9. The molecule has 90 valence electrons. The van der Waals surface area contributed by atoms with E-state index in [1.165, 1.54) is 0 Å². The fourth-order valence-corrected chi connectivity index (χ4v) is 1.67. The van der Waals surface area contributed by atoms with Gasteiger partial charge in [-0.3, -0.25) is 0 Å². The molecule has 0 amide bonds. The van der Waals surface area contributed by atoms with E-state index >= 15 is 0 Å². The summed E-state index contributed by atoms with van der Waals surface area (Å²) >= 11 is 3.34. The van der Waals surface area contributed by atoms with E-state index in [0.29, 0.717) is 5.76 Å². The number of hydrogen-bond acceptors (Lipinski definition) is 4. The number of aliphatic hydroxyl groups is 1. The summed E-state index contributed by atoms with van der Waals surface area (Å²) in [6.07, 6.45) is -1.12. The lowest BCUT2D eigenvalue weighted by molar-refractivity contribution is 0.209. The second-order valence-electron chi connectivity index (χ2n) is 3.66. The summed E-state index contributed by atoms with van der Waals surface area (Å²) in [5.74, 6) is 0.530. The maximum absolute atomic E-state index is 9.74. The highest BCUT2D eigenvalue weighted by Gasteiger charge is 2.17. The van der Waals surface area contributed by atoms with Crippen molar-refractivity contribution in [3.8, 4) is 17.4 Å². The number of nitriles is 1. The fourth-order valence-electron chi connectivity index (χ4n) is 1.41. The van der Waals surface area contributed by atoms with Crippen LogP contribution in [0.2, 0.25) is 0 Å². The summed E-state index contributed by atoms with van der Waals surface area (Å²) in [6.45, 7) is 3.44. The molecule has 1 atom stereocenters. The largest absolute Gasteiger partial charge is 0.381 e. The minimum Gasteiger partial charge on any atom is -0.381 e. The molecule has 1 aromatic carbocycles. The molecule has 0 fully saturated rings. The third-order valence-corrected chi connectivity index (χ3v) is 2.94. The van der Waals surface area contributed by atoms with Gasteiger partial charge < -0.3 is 9.63 Å². The first-order valence-electron chi connectivity index (χ1n) is 5.11. The van der Waals surface area contributed by atoms with Crippen molar-refractivity contribution in [3.05, 3.63) is 52.7 Å². The Morgan fingerprint density at radius 2 is 2.11 bits per heavy atom. The number of aromatic nitrogens is 1. The summed E-state index contributed by atoms with van der Waals surface area (Å²) in [5, 5.41) is 22.1. The van der Waals surface area contributed by atoms with E-state index in [9.17, 15) is 5.11 Å². The quantitative estimate of drug-likeness (QED) is 0.884. The molecule has 5 heteroatoms. The zero-order valence-corrected chi connectivity index (χ0v) is 10.9. The van der Waals surface area contributed by atoms with Crippen LogP contribution in [0.25, 0.3) is 11.3 Å². The van der Waals surface area contributed by atoms with Crippen LogP contribution in [0.5, 0.6) is 0 Å². The van der Waals surface area contributed by atoms with Gasteiger partial charge in [0.2, 0.25) is 0 Å². The van der Waals surface area contributed by atoms with E-state index in [1.807, 2.05) is 24.3 Å². The molecule has 1 N–H and O–H groups in total. The number of aliphatic hydroxyl groups excluding tert-OH is 1. The third-order valence-electron chi connectivity index (χ3n) is 2.41. The first kappa shape index (κ1) is 12.6. The van der Waals surface area contributed by atoms with Crippen molar-refractivity contribution in [1.82, 2.24) is 5.16 Å². The van der Waals surface area contributed by atoms with Crippen LogP contribution in [0.1, 0.15) is 11.8 Å². The van der Waals surface area contributed by atoms with E-state index in [2.05, 4.69) is 27.7 Å². The molecule has 2 rings (SSSR count). The van der Waals surface area contributed by atoms with E-state index in [0.717, 1.165) is 10.0 Å². The summed E-state index contributed by atoms with van der Waals surface area (Å²) in [7, 11) is 0. The zero-order valence-electron chi connectivity index (χ0n) is 9.30. The summed E-state index contributed by atoms with van der Waals surface area (Å²) in [5.41, 5.74) is 1.15. The summed E-state index contributed by atoms with van der Waals surface area (Å²) in [4.78, 5) is 0. The molecule has 0 bridgehead atoms. The zero-order chi connectivity index (χ0) is 13.1. The van der Waals surface area contributed by atoms with Crippen LogP contribution in [0.3, 0.4) is 0 Å². The molecule has 0 spiro atoms. The Balaban J connectivity index is 2.28. The Kier molecular flexibility index (Phi) is 3.60. The van der Waals surface area contributed by atoms with Crippen LogP contribution < -0.4 is 0 Å². The van der Waals surface area contributed by atoms with Crippen LogP contribution in [-0.4, -0.2) is 10.3 Å². The number of benzene rings is 1. The van der Waals surface area contributed by atoms with Crippen molar-refractivity contribution in [1.29, 1.82) is 5.26 Å². The molecule has 4 nitrogen and oxygen atoms in total. The first-order valence-corrected chi connectivity index (χ1v) is 5.90. The Morgan fingerprint density at radius 3 is 2.72 bits per heavy atom. The Bertz CT molecular complexity index is 611. The van der Waals surface area contributed by atoms with Gasteiger partial charge in [0.25, 0.3) is 0 Å². The predicted octanol–water partition coefficient (Wildman–Crippen LogP) is 3.22. The maximum Gasteiger partial charge on any atom is 0.167 e. The van der Waals surface area contributed by atoms with Crippen LogP contribution in [0.4, 0.5) is 0 Å². The summed E-state index contributed by atoms with van der Waals surface area (Å²) in [6, 6.07) is 10.9. The number of halogens is 1. The second-order valence-corrected chi connectivity index (χ2v) is 4.58. The molecule has 1 heterocycles. The fraction of sp³-hybridized carbons (Fsp3) is 0.0769. The minimum atomic E-state index is -1.12. The highest BCUT2D eigenvalue weighted by molar-refractivity contribution is 9.10. The molecular weight excluding hydrogens is 296 g/mol. The van der Waals surface area contributed by atoms with Crippen LogP contribution in [0.15, 0.2) is 51.5 Å². The van der Waals surface area contributed by atoms with Crippen LogP contribution >= 0.6 is 15.9 Å². The normalized spacial score (nSPS) is 11.8. The minimum absolute atomic E-state index is 0.0330. The smallest absolute Gasteiger partial charge is 0.167 e. The SMILES string of the molecule is C=C(C#N)C(O)c1cc(-c2ccc(Br)cc2)on1. The standard InChI is InChI=1S/C13H9BrN2O2/c1-8(7-15)13(17)11-6-12(18-16-11)9-2-4-10(14)5-3-9/h2-6,13,17H,1H2. The molecular formula is C13H9BrN2O2. The molecule has 1 unspecified atom stereocenters. The monoisotopic (exact) mass is 304 g/mol. The van der Waals surface area contributed by atoms with Crippen molar-refractivity contribution in [2.75, 3.05) is 0 Å². The molecule has 2 aromatic rings. The van der Waals surface area contributed by atoms with E-state index in [1.54, 1.807) is 12.1 Å². The van der Waals surface area contributed by atoms with Crippen molar-refractivity contribution in [2.24, 2.45) is 0 Å². The van der Waals surface area contributed by atoms with Gasteiger partial charge in [-0.05, 0) is 12.1 Å². The van der Waals surface area contributed by atoms with Crippen LogP contribution in [-0.2, 0) is 0 Å². The van der Waals surface area contributed by atoms with Gasteiger partial charge in [0.1, 0.15) is 11.8 Å². The van der Waals surface area contributed by atoms with Gasteiger partial charge in [-0.1, -0.05) is 39.8 Å². The van der Waals surface area contributed by atoms with Crippen molar-refractivity contribution in [2.45, 2.75) is 6.10 Å². The van der Waals surface area contributed by atoms with Gasteiger partial charge in [-0.2, -0.15) is 5.26 Å². The maximum atomic E-state index is 9.74. The number of nitrogens with zero attached hydrogens (tertiary/aromatic N) is 2.